The second kappa shape index (κ2) is 7.90. The molecule has 1 N–H and O–H groups in total. The fraction of sp³-hybridized carbons (Fsp3) is 0.238. The van der Waals surface area contributed by atoms with E-state index < -0.39 is 11.6 Å². The lowest BCUT2D eigenvalue weighted by Crippen LogP contribution is -2.26. The highest BCUT2D eigenvalue weighted by molar-refractivity contribution is 5.76. The number of hydrogen-bond acceptors (Lipinski definition) is 5. The summed E-state index contributed by atoms with van der Waals surface area (Å²) in [6.45, 7) is 2.06. The van der Waals surface area contributed by atoms with Gasteiger partial charge in [0.05, 0.1) is 17.8 Å². The van der Waals surface area contributed by atoms with E-state index in [2.05, 4.69) is 10.3 Å². The standard InChI is InChI=1S/C21H18F2N2O4/c1-12(13-2-5-17-18(8-13)28-11-27-17)25-20(26)6-7-21-24-10-19(29-21)15-4-3-14(22)9-16(15)23/h2-5,8-10,12H,6-7,11H2,1H3,(H,25,26)/t12-/m0/s1. The number of carbonyl (C=O) groups excluding carboxylic acids is 1. The molecule has 1 amide bonds. The van der Waals surface area contributed by atoms with Gasteiger partial charge in [0.15, 0.2) is 23.1 Å². The van der Waals surface area contributed by atoms with Crippen molar-refractivity contribution in [2.24, 2.45) is 0 Å². The summed E-state index contributed by atoms with van der Waals surface area (Å²) in [4.78, 5) is 16.3. The molecule has 0 saturated carbocycles. The van der Waals surface area contributed by atoms with E-state index in [0.717, 1.165) is 17.7 Å². The van der Waals surface area contributed by atoms with Crippen LogP contribution < -0.4 is 14.8 Å². The van der Waals surface area contributed by atoms with E-state index in [0.29, 0.717) is 17.4 Å². The minimum Gasteiger partial charge on any atom is -0.454 e. The minimum atomic E-state index is -0.733. The van der Waals surface area contributed by atoms with Crippen LogP contribution in [0.15, 0.2) is 47.0 Å². The molecule has 0 aliphatic carbocycles. The van der Waals surface area contributed by atoms with Gasteiger partial charge in [0.2, 0.25) is 12.7 Å². The molecule has 2 heterocycles. The molecule has 29 heavy (non-hydrogen) atoms. The number of aromatic nitrogens is 1. The molecule has 0 unspecified atom stereocenters. The van der Waals surface area contributed by atoms with Gasteiger partial charge in [0.1, 0.15) is 11.6 Å². The molecule has 2 aromatic carbocycles. The summed E-state index contributed by atoms with van der Waals surface area (Å²) >= 11 is 0. The molecule has 1 aliphatic heterocycles. The van der Waals surface area contributed by atoms with Gasteiger partial charge in [-0.25, -0.2) is 13.8 Å². The Labute approximate surface area is 165 Å². The number of halogens is 2. The maximum absolute atomic E-state index is 13.8. The van der Waals surface area contributed by atoms with Crippen molar-refractivity contribution in [3.8, 4) is 22.8 Å². The van der Waals surface area contributed by atoms with Crippen molar-refractivity contribution < 1.29 is 27.5 Å². The van der Waals surface area contributed by atoms with Gasteiger partial charge in [-0.3, -0.25) is 4.79 Å². The molecule has 150 valence electrons. The van der Waals surface area contributed by atoms with Crippen LogP contribution in [0.5, 0.6) is 11.5 Å². The average Bonchev–Trinajstić information content (AvgIpc) is 3.35. The van der Waals surface area contributed by atoms with Gasteiger partial charge in [-0.15, -0.1) is 0 Å². The molecule has 0 radical (unpaired) electrons. The summed E-state index contributed by atoms with van der Waals surface area (Å²) in [5.74, 6) is 0.250. The van der Waals surface area contributed by atoms with E-state index in [4.69, 9.17) is 13.9 Å². The molecule has 0 fully saturated rings. The van der Waals surface area contributed by atoms with Gasteiger partial charge in [-0.2, -0.15) is 0 Å². The minimum absolute atomic E-state index is 0.117. The quantitative estimate of drug-likeness (QED) is 0.673. The summed E-state index contributed by atoms with van der Waals surface area (Å²) in [5.41, 5.74) is 1.01. The number of carbonyl (C=O) groups is 1. The number of benzene rings is 2. The second-order valence-corrected chi connectivity index (χ2v) is 6.64. The first-order chi connectivity index (χ1) is 14.0. The Morgan fingerprint density at radius 2 is 2.00 bits per heavy atom. The van der Waals surface area contributed by atoms with Crippen LogP contribution in [0.4, 0.5) is 8.78 Å². The Kier molecular flexibility index (Phi) is 5.16. The molecule has 0 bridgehead atoms. The van der Waals surface area contributed by atoms with Gasteiger partial charge in [0.25, 0.3) is 0 Å². The summed E-state index contributed by atoms with van der Waals surface area (Å²) in [5, 5.41) is 2.91. The molecular weight excluding hydrogens is 382 g/mol. The lowest BCUT2D eigenvalue weighted by molar-refractivity contribution is -0.121. The highest BCUT2D eigenvalue weighted by Crippen LogP contribution is 2.34. The van der Waals surface area contributed by atoms with Crippen LogP contribution in [0.25, 0.3) is 11.3 Å². The number of amides is 1. The molecule has 6 nitrogen and oxygen atoms in total. The number of oxazole rings is 1. The van der Waals surface area contributed by atoms with Gasteiger partial charge in [-0.1, -0.05) is 6.07 Å². The van der Waals surface area contributed by atoms with Crippen molar-refractivity contribution in [1.82, 2.24) is 10.3 Å². The van der Waals surface area contributed by atoms with E-state index in [1.54, 1.807) is 0 Å². The average molecular weight is 400 g/mol. The van der Waals surface area contributed by atoms with E-state index in [-0.39, 0.29) is 42.9 Å². The van der Waals surface area contributed by atoms with E-state index in [1.807, 2.05) is 25.1 Å². The number of hydrogen-bond donors (Lipinski definition) is 1. The normalized spacial score (nSPS) is 13.3. The van der Waals surface area contributed by atoms with E-state index >= 15 is 0 Å². The number of aryl methyl sites for hydroxylation is 1. The third kappa shape index (κ3) is 4.21. The van der Waals surface area contributed by atoms with Crippen LogP contribution in [0.2, 0.25) is 0 Å². The largest absolute Gasteiger partial charge is 0.454 e. The Morgan fingerprint density at radius 1 is 1.17 bits per heavy atom. The van der Waals surface area contributed by atoms with Crippen molar-refractivity contribution in [2.75, 3.05) is 6.79 Å². The van der Waals surface area contributed by atoms with Crippen LogP contribution >= 0.6 is 0 Å². The lowest BCUT2D eigenvalue weighted by Gasteiger charge is -2.14. The Balaban J connectivity index is 1.33. The maximum atomic E-state index is 13.8. The molecule has 0 spiro atoms. The topological polar surface area (TPSA) is 73.6 Å². The van der Waals surface area contributed by atoms with Crippen LogP contribution in [-0.2, 0) is 11.2 Å². The highest BCUT2D eigenvalue weighted by atomic mass is 19.1. The monoisotopic (exact) mass is 400 g/mol. The maximum Gasteiger partial charge on any atom is 0.231 e. The van der Waals surface area contributed by atoms with Crippen LogP contribution in [0, 0.1) is 11.6 Å². The summed E-state index contributed by atoms with van der Waals surface area (Å²) in [6, 6.07) is 8.51. The second-order valence-electron chi connectivity index (χ2n) is 6.64. The van der Waals surface area contributed by atoms with Gasteiger partial charge < -0.3 is 19.2 Å². The van der Waals surface area contributed by atoms with E-state index in [9.17, 15) is 13.6 Å². The highest BCUT2D eigenvalue weighted by Gasteiger charge is 2.17. The third-order valence-electron chi connectivity index (χ3n) is 4.59. The van der Waals surface area contributed by atoms with Gasteiger partial charge in [0, 0.05) is 18.9 Å². The predicted molar refractivity (Wildman–Crippen MR) is 99.3 cm³/mol. The number of nitrogens with one attached hydrogen (secondary N) is 1. The van der Waals surface area contributed by atoms with Crippen LogP contribution in [0.3, 0.4) is 0 Å². The van der Waals surface area contributed by atoms with Crippen molar-refractivity contribution in [3.05, 3.63) is 65.7 Å². The Hall–Kier alpha value is -3.42. The zero-order valence-electron chi connectivity index (χ0n) is 15.6. The molecule has 4 rings (SSSR count). The van der Waals surface area contributed by atoms with Gasteiger partial charge in [-0.05, 0) is 36.8 Å². The number of ether oxygens (including phenoxy) is 2. The summed E-state index contributed by atoms with van der Waals surface area (Å²) in [7, 11) is 0. The van der Waals surface area contributed by atoms with E-state index in [1.165, 1.54) is 12.3 Å². The summed E-state index contributed by atoms with van der Waals surface area (Å²) in [6.07, 6.45) is 1.77. The fourth-order valence-electron chi connectivity index (χ4n) is 3.04. The number of fused-ring (bicyclic) bond motifs is 1. The molecule has 1 aliphatic rings. The van der Waals surface area contributed by atoms with Crippen molar-refractivity contribution >= 4 is 5.91 Å². The zero-order chi connectivity index (χ0) is 20.4. The fourth-order valence-corrected chi connectivity index (χ4v) is 3.04. The van der Waals surface area contributed by atoms with Crippen molar-refractivity contribution in [3.63, 3.8) is 0 Å². The van der Waals surface area contributed by atoms with Gasteiger partial charge >= 0.3 is 0 Å². The molecule has 8 heteroatoms. The SMILES string of the molecule is C[C@H](NC(=O)CCc1ncc(-c2ccc(F)cc2F)o1)c1ccc2c(c1)OCO2. The smallest absolute Gasteiger partial charge is 0.231 e. The summed E-state index contributed by atoms with van der Waals surface area (Å²) < 4.78 is 43.0. The molecular formula is C21H18F2N2O4. The molecule has 1 atom stereocenters. The van der Waals surface area contributed by atoms with Crippen LogP contribution in [-0.4, -0.2) is 17.7 Å². The lowest BCUT2D eigenvalue weighted by atomic mass is 10.1. The first-order valence-electron chi connectivity index (χ1n) is 9.08. The Morgan fingerprint density at radius 3 is 2.83 bits per heavy atom. The van der Waals surface area contributed by atoms with Crippen LogP contribution in [0.1, 0.15) is 30.8 Å². The number of nitrogens with zero attached hydrogens (tertiary/aromatic N) is 1. The van der Waals surface area contributed by atoms with Crippen molar-refractivity contribution in [1.29, 1.82) is 0 Å². The first kappa shape index (κ1) is 18.9. The molecule has 0 saturated heterocycles. The third-order valence-corrected chi connectivity index (χ3v) is 4.59. The zero-order valence-corrected chi connectivity index (χ0v) is 15.6. The molecule has 1 aromatic heterocycles. The predicted octanol–water partition coefficient (Wildman–Crippen LogP) is 4.16. The van der Waals surface area contributed by atoms with Crippen molar-refractivity contribution in [2.45, 2.75) is 25.8 Å². The molecule has 3 aromatic rings. The first-order valence-corrected chi connectivity index (χ1v) is 9.08. The Bertz CT molecular complexity index is 1050. The number of rotatable bonds is 6.